The lowest BCUT2D eigenvalue weighted by Crippen LogP contribution is -2.35. The van der Waals surface area contributed by atoms with Crippen molar-refractivity contribution in [3.8, 4) is 0 Å². The van der Waals surface area contributed by atoms with E-state index in [-0.39, 0.29) is 12.5 Å². The van der Waals surface area contributed by atoms with Crippen molar-refractivity contribution >= 4 is 23.0 Å². The van der Waals surface area contributed by atoms with Crippen molar-refractivity contribution < 1.29 is 9.63 Å². The summed E-state index contributed by atoms with van der Waals surface area (Å²) in [4.78, 5) is 22.2. The molecule has 1 fully saturated rings. The van der Waals surface area contributed by atoms with Crippen molar-refractivity contribution in [3.63, 3.8) is 0 Å². The van der Waals surface area contributed by atoms with Crippen LogP contribution in [0.4, 0.5) is 0 Å². The van der Waals surface area contributed by atoms with E-state index in [1.807, 2.05) is 20.8 Å². The molecule has 20 heavy (non-hydrogen) atoms. The number of carbonyl (C=O) groups is 1. The largest absolute Gasteiger partial charge is 0.385 e. The maximum atomic E-state index is 11.7. The molecule has 0 saturated heterocycles. The number of amides is 1. The second kappa shape index (κ2) is 6.83. The van der Waals surface area contributed by atoms with E-state index in [0.29, 0.717) is 6.04 Å². The molecule has 1 aromatic heterocycles. The summed E-state index contributed by atoms with van der Waals surface area (Å²) < 4.78 is 0. The van der Waals surface area contributed by atoms with E-state index >= 15 is 0 Å². The van der Waals surface area contributed by atoms with E-state index in [1.165, 1.54) is 12.8 Å². The maximum Gasteiger partial charge on any atom is 0.260 e. The highest BCUT2D eigenvalue weighted by Gasteiger charge is 2.17. The van der Waals surface area contributed by atoms with Gasteiger partial charge >= 0.3 is 0 Å². The van der Waals surface area contributed by atoms with Gasteiger partial charge in [-0.2, -0.15) is 0 Å². The van der Waals surface area contributed by atoms with Gasteiger partial charge < -0.3 is 10.2 Å². The Labute approximate surface area is 123 Å². The first-order valence-corrected chi connectivity index (χ1v) is 7.78. The molecule has 1 aromatic rings. The molecule has 0 bridgehead atoms. The van der Waals surface area contributed by atoms with Crippen LogP contribution in [0.2, 0.25) is 0 Å². The van der Waals surface area contributed by atoms with Crippen LogP contribution in [-0.2, 0) is 9.63 Å². The van der Waals surface area contributed by atoms with E-state index in [1.54, 1.807) is 11.3 Å². The quantitative estimate of drug-likeness (QED) is 0.670. The van der Waals surface area contributed by atoms with Crippen LogP contribution in [0.3, 0.4) is 0 Å². The van der Waals surface area contributed by atoms with Crippen LogP contribution >= 0.6 is 11.3 Å². The molecule has 0 unspecified atom stereocenters. The smallest absolute Gasteiger partial charge is 0.260 e. The molecule has 0 aromatic carbocycles. The summed E-state index contributed by atoms with van der Waals surface area (Å²) in [6.45, 7) is 5.76. The summed E-state index contributed by atoms with van der Waals surface area (Å²) in [6, 6.07) is 0.322. The lowest BCUT2D eigenvalue weighted by atomic mass is 10.2. The number of hydrogen-bond acceptors (Lipinski definition) is 5. The number of carbonyl (C=O) groups excluding carboxylic acids is 1. The lowest BCUT2D eigenvalue weighted by molar-refractivity contribution is -0.126. The van der Waals surface area contributed by atoms with Gasteiger partial charge in [0.15, 0.2) is 6.61 Å². The second-order valence-electron chi connectivity index (χ2n) is 5.15. The molecule has 1 N–H and O–H groups in total. The molecule has 1 amide bonds. The van der Waals surface area contributed by atoms with Crippen molar-refractivity contribution in [2.45, 2.75) is 52.5 Å². The van der Waals surface area contributed by atoms with Gasteiger partial charge in [-0.1, -0.05) is 18.0 Å². The fraction of sp³-hybridized carbons (Fsp3) is 0.643. The van der Waals surface area contributed by atoms with Gasteiger partial charge in [-0.15, -0.1) is 11.3 Å². The average Bonchev–Trinajstić information content (AvgIpc) is 2.98. The summed E-state index contributed by atoms with van der Waals surface area (Å²) in [5.74, 6) is -0.0920. The van der Waals surface area contributed by atoms with Gasteiger partial charge in [0.2, 0.25) is 0 Å². The number of nitrogens with zero attached hydrogens (tertiary/aromatic N) is 2. The Kier molecular flexibility index (Phi) is 5.11. The van der Waals surface area contributed by atoms with Crippen LogP contribution in [0, 0.1) is 13.8 Å². The number of aromatic nitrogens is 1. The second-order valence-corrected chi connectivity index (χ2v) is 6.35. The van der Waals surface area contributed by atoms with Crippen LogP contribution in [-0.4, -0.2) is 29.3 Å². The van der Waals surface area contributed by atoms with E-state index in [0.717, 1.165) is 34.1 Å². The topological polar surface area (TPSA) is 63.6 Å². The first-order chi connectivity index (χ1) is 9.56. The zero-order valence-electron chi connectivity index (χ0n) is 12.2. The van der Waals surface area contributed by atoms with Crippen molar-refractivity contribution in [2.24, 2.45) is 5.16 Å². The average molecular weight is 295 g/mol. The van der Waals surface area contributed by atoms with Crippen molar-refractivity contribution in [3.05, 3.63) is 15.6 Å². The van der Waals surface area contributed by atoms with Gasteiger partial charge in [-0.25, -0.2) is 4.98 Å². The number of aryl methyl sites for hydroxylation is 2. The molecule has 2 rings (SSSR count). The third kappa shape index (κ3) is 4.03. The molecule has 5 nitrogen and oxygen atoms in total. The fourth-order valence-corrected chi connectivity index (χ4v) is 3.29. The third-order valence-corrected chi connectivity index (χ3v) is 4.53. The standard InChI is InChI=1S/C14H21N3O2S/c1-9-14(20-11(3)15-9)10(2)17-19-8-13(18)16-12-6-4-5-7-12/h12H,4-8H2,1-3H3,(H,16,18). The lowest BCUT2D eigenvalue weighted by Gasteiger charge is -2.10. The third-order valence-electron chi connectivity index (χ3n) is 3.35. The van der Waals surface area contributed by atoms with Crippen LogP contribution < -0.4 is 5.32 Å². The molecule has 1 aliphatic rings. The molecule has 0 atom stereocenters. The van der Waals surface area contributed by atoms with Crippen LogP contribution in [0.5, 0.6) is 0 Å². The first-order valence-electron chi connectivity index (χ1n) is 6.96. The summed E-state index contributed by atoms with van der Waals surface area (Å²) in [5, 5.41) is 7.98. The molecule has 0 spiro atoms. The highest BCUT2D eigenvalue weighted by Crippen LogP contribution is 2.18. The Balaban J connectivity index is 1.80. The summed E-state index contributed by atoms with van der Waals surface area (Å²) >= 11 is 1.59. The van der Waals surface area contributed by atoms with Crippen LogP contribution in [0.15, 0.2) is 5.16 Å². The molecule has 1 saturated carbocycles. The van der Waals surface area contributed by atoms with Gasteiger partial charge in [-0.3, -0.25) is 4.79 Å². The van der Waals surface area contributed by atoms with Gasteiger partial charge in [-0.05, 0) is 33.6 Å². The molecular formula is C14H21N3O2S. The highest BCUT2D eigenvalue weighted by atomic mass is 32.1. The Hall–Kier alpha value is -1.43. The van der Waals surface area contributed by atoms with Crippen LogP contribution in [0.25, 0.3) is 0 Å². The van der Waals surface area contributed by atoms with E-state index < -0.39 is 0 Å². The monoisotopic (exact) mass is 295 g/mol. The van der Waals surface area contributed by atoms with Gasteiger partial charge in [0.05, 0.1) is 21.3 Å². The first kappa shape index (κ1) is 15.0. The molecule has 1 aliphatic carbocycles. The van der Waals surface area contributed by atoms with Crippen molar-refractivity contribution in [1.82, 2.24) is 10.3 Å². The maximum absolute atomic E-state index is 11.7. The Bertz CT molecular complexity index is 505. The molecule has 110 valence electrons. The summed E-state index contributed by atoms with van der Waals surface area (Å²) in [5.41, 5.74) is 1.72. The zero-order chi connectivity index (χ0) is 14.5. The Morgan fingerprint density at radius 3 is 2.75 bits per heavy atom. The minimum absolute atomic E-state index is 0.0231. The van der Waals surface area contributed by atoms with Gasteiger partial charge in [0.1, 0.15) is 0 Å². The van der Waals surface area contributed by atoms with E-state index in [2.05, 4.69) is 15.5 Å². The van der Waals surface area contributed by atoms with Crippen LogP contribution in [0.1, 0.15) is 48.2 Å². The molecular weight excluding hydrogens is 274 g/mol. The number of rotatable bonds is 5. The SMILES string of the molecule is CC(=NOCC(=O)NC1CCCC1)c1sc(C)nc1C. The van der Waals surface area contributed by atoms with Gasteiger partial charge in [0.25, 0.3) is 5.91 Å². The number of nitrogens with one attached hydrogen (secondary N) is 1. The molecule has 0 aliphatic heterocycles. The summed E-state index contributed by atoms with van der Waals surface area (Å²) in [7, 11) is 0. The molecule has 1 heterocycles. The molecule has 6 heteroatoms. The number of thiazole rings is 1. The zero-order valence-corrected chi connectivity index (χ0v) is 13.0. The van der Waals surface area contributed by atoms with Gasteiger partial charge in [0, 0.05) is 6.04 Å². The predicted octanol–water partition coefficient (Wildman–Crippen LogP) is 2.56. The summed E-state index contributed by atoms with van der Waals surface area (Å²) in [6.07, 6.45) is 4.56. The minimum atomic E-state index is -0.0920. The Morgan fingerprint density at radius 1 is 1.45 bits per heavy atom. The number of oxime groups is 1. The fourth-order valence-electron chi connectivity index (χ4n) is 2.44. The highest BCUT2D eigenvalue weighted by molar-refractivity contribution is 7.13. The predicted molar refractivity (Wildman–Crippen MR) is 80.1 cm³/mol. The number of hydrogen-bond donors (Lipinski definition) is 1. The minimum Gasteiger partial charge on any atom is -0.385 e. The molecule has 0 radical (unpaired) electrons. The van der Waals surface area contributed by atoms with Crippen molar-refractivity contribution in [1.29, 1.82) is 0 Å². The normalized spacial score (nSPS) is 16.4. The van der Waals surface area contributed by atoms with Crippen molar-refractivity contribution in [2.75, 3.05) is 6.61 Å². The van der Waals surface area contributed by atoms with E-state index in [9.17, 15) is 4.79 Å². The van der Waals surface area contributed by atoms with E-state index in [4.69, 9.17) is 4.84 Å². The Morgan fingerprint density at radius 2 is 2.15 bits per heavy atom.